The third-order valence-electron chi connectivity index (χ3n) is 2.60. The first kappa shape index (κ1) is 16.5. The van der Waals surface area contributed by atoms with Gasteiger partial charge in [0.05, 0.1) is 5.56 Å². The lowest BCUT2D eigenvalue weighted by molar-refractivity contribution is -0.141. The zero-order valence-corrected chi connectivity index (χ0v) is 11.6. The number of carbonyl (C=O) groups is 1. The van der Waals surface area contributed by atoms with Crippen LogP contribution in [0.1, 0.15) is 29.8 Å². The van der Waals surface area contributed by atoms with Gasteiger partial charge in [0.2, 0.25) is 0 Å². The molecule has 1 aromatic carbocycles. The Bertz CT molecular complexity index is 483. The highest BCUT2D eigenvalue weighted by Crippen LogP contribution is 2.20. The van der Waals surface area contributed by atoms with Crippen LogP contribution in [-0.4, -0.2) is 30.1 Å². The molecule has 0 aliphatic rings. The molecule has 0 saturated carbocycles. The number of hydrogen-bond acceptors (Lipinski definition) is 1. The monoisotopic (exact) mass is 291 g/mol. The number of alkyl halides is 3. The predicted molar refractivity (Wildman–Crippen MR) is 67.9 cm³/mol. The summed E-state index contributed by atoms with van der Waals surface area (Å²) in [4.78, 5) is 12.7. The molecule has 0 heterocycles. The number of hydrogen-bond donors (Lipinski definition) is 0. The van der Waals surface area contributed by atoms with Gasteiger partial charge in [0, 0.05) is 6.54 Å². The summed E-state index contributed by atoms with van der Waals surface area (Å²) in [5.41, 5.74) is 0.269. The number of nitrogens with zero attached hydrogens (tertiary/aromatic N) is 1. The van der Waals surface area contributed by atoms with Gasteiger partial charge in [-0.2, -0.15) is 13.2 Å². The van der Waals surface area contributed by atoms with Crippen LogP contribution in [0.4, 0.5) is 17.6 Å². The first-order valence-corrected chi connectivity index (χ1v) is 6.22. The molecule has 1 rings (SSSR count). The smallest absolute Gasteiger partial charge is 0.329 e. The van der Waals surface area contributed by atoms with E-state index < -0.39 is 24.4 Å². The lowest BCUT2D eigenvalue weighted by atomic mass is 10.1. The summed E-state index contributed by atoms with van der Waals surface area (Å²) < 4.78 is 51.2. The van der Waals surface area contributed by atoms with Crippen molar-refractivity contribution < 1.29 is 22.4 Å². The minimum atomic E-state index is -4.51. The zero-order chi connectivity index (χ0) is 15.5. The molecule has 1 amide bonds. The first-order chi connectivity index (χ1) is 9.10. The summed E-state index contributed by atoms with van der Waals surface area (Å²) >= 11 is 0. The van der Waals surface area contributed by atoms with Crippen LogP contribution < -0.4 is 0 Å². The number of rotatable bonds is 4. The Balaban J connectivity index is 3.03. The molecule has 0 unspecified atom stereocenters. The third kappa shape index (κ3) is 4.83. The summed E-state index contributed by atoms with van der Waals surface area (Å²) in [5, 5.41) is 0. The maximum Gasteiger partial charge on any atom is 0.406 e. The van der Waals surface area contributed by atoms with Gasteiger partial charge in [-0.1, -0.05) is 19.9 Å². The van der Waals surface area contributed by atoms with Crippen LogP contribution in [0, 0.1) is 18.7 Å². The van der Waals surface area contributed by atoms with Crippen LogP contribution in [0.2, 0.25) is 0 Å². The van der Waals surface area contributed by atoms with E-state index in [1.807, 2.05) is 0 Å². The lowest BCUT2D eigenvalue weighted by Gasteiger charge is -2.26. The maximum atomic E-state index is 13.7. The molecular formula is C14H17F4NO. The molecule has 20 heavy (non-hydrogen) atoms. The molecule has 0 saturated heterocycles. The van der Waals surface area contributed by atoms with E-state index in [0.29, 0.717) is 10.5 Å². The topological polar surface area (TPSA) is 20.3 Å². The van der Waals surface area contributed by atoms with Crippen molar-refractivity contribution in [2.45, 2.75) is 26.9 Å². The van der Waals surface area contributed by atoms with Crippen LogP contribution in [-0.2, 0) is 0 Å². The molecule has 0 aliphatic heterocycles. The van der Waals surface area contributed by atoms with Crippen molar-refractivity contribution in [2.24, 2.45) is 5.92 Å². The van der Waals surface area contributed by atoms with E-state index in [-0.39, 0.29) is 18.0 Å². The second kappa shape index (κ2) is 6.24. The summed E-state index contributed by atoms with van der Waals surface area (Å²) in [6.45, 7) is 3.58. The van der Waals surface area contributed by atoms with E-state index in [9.17, 15) is 22.4 Å². The molecule has 0 spiro atoms. The summed E-state index contributed by atoms with van der Waals surface area (Å²) in [6.07, 6.45) is -4.51. The van der Waals surface area contributed by atoms with Crippen molar-refractivity contribution in [3.63, 3.8) is 0 Å². The first-order valence-electron chi connectivity index (χ1n) is 6.22. The molecule has 0 bridgehead atoms. The highest BCUT2D eigenvalue weighted by atomic mass is 19.4. The second-order valence-electron chi connectivity index (χ2n) is 5.18. The van der Waals surface area contributed by atoms with E-state index in [0.717, 1.165) is 6.07 Å². The Hall–Kier alpha value is -1.59. The van der Waals surface area contributed by atoms with Gasteiger partial charge in [0.25, 0.3) is 5.91 Å². The van der Waals surface area contributed by atoms with Gasteiger partial charge in [-0.15, -0.1) is 0 Å². The van der Waals surface area contributed by atoms with Crippen LogP contribution in [0.25, 0.3) is 0 Å². The Morgan fingerprint density at radius 1 is 1.30 bits per heavy atom. The quantitative estimate of drug-likeness (QED) is 0.773. The fraction of sp³-hybridized carbons (Fsp3) is 0.500. The minimum Gasteiger partial charge on any atom is -0.329 e. The number of aryl methyl sites for hydroxylation is 1. The van der Waals surface area contributed by atoms with Crippen LogP contribution in [0.3, 0.4) is 0 Å². The molecule has 0 N–H and O–H groups in total. The maximum absolute atomic E-state index is 13.7. The minimum absolute atomic E-state index is 0.0777. The molecule has 0 fully saturated rings. The van der Waals surface area contributed by atoms with E-state index in [4.69, 9.17) is 0 Å². The number of amides is 1. The average molecular weight is 291 g/mol. The summed E-state index contributed by atoms with van der Waals surface area (Å²) in [7, 11) is 0. The highest BCUT2D eigenvalue weighted by Gasteiger charge is 2.34. The molecule has 2 nitrogen and oxygen atoms in total. The van der Waals surface area contributed by atoms with E-state index in [2.05, 4.69) is 0 Å². The molecular weight excluding hydrogens is 274 g/mol. The lowest BCUT2D eigenvalue weighted by Crippen LogP contribution is -2.41. The standard InChI is InChI=1S/C14H17F4NO/c1-9(2)7-19(8-14(16,17)18)13(20)11-5-4-10(3)6-12(11)15/h4-6,9H,7-8H2,1-3H3. The van der Waals surface area contributed by atoms with Crippen molar-refractivity contribution in [1.29, 1.82) is 0 Å². The Labute approximate surface area is 115 Å². The van der Waals surface area contributed by atoms with Gasteiger partial charge in [-0.3, -0.25) is 4.79 Å². The van der Waals surface area contributed by atoms with Crippen molar-refractivity contribution in [3.05, 3.63) is 35.1 Å². The largest absolute Gasteiger partial charge is 0.406 e. The SMILES string of the molecule is Cc1ccc(C(=O)N(CC(C)C)CC(F)(F)F)c(F)c1. The number of halogens is 4. The highest BCUT2D eigenvalue weighted by molar-refractivity contribution is 5.94. The fourth-order valence-corrected chi connectivity index (χ4v) is 1.84. The van der Waals surface area contributed by atoms with Crippen molar-refractivity contribution >= 4 is 5.91 Å². The normalized spacial score (nSPS) is 11.8. The van der Waals surface area contributed by atoms with E-state index in [1.165, 1.54) is 12.1 Å². The van der Waals surface area contributed by atoms with Crippen LogP contribution in [0.15, 0.2) is 18.2 Å². The molecule has 0 aromatic heterocycles. The van der Waals surface area contributed by atoms with Gasteiger partial charge >= 0.3 is 6.18 Å². The Morgan fingerprint density at radius 3 is 2.35 bits per heavy atom. The molecule has 0 radical (unpaired) electrons. The molecule has 112 valence electrons. The molecule has 6 heteroatoms. The van der Waals surface area contributed by atoms with E-state index >= 15 is 0 Å². The molecule has 0 aliphatic carbocycles. The van der Waals surface area contributed by atoms with Gasteiger partial charge < -0.3 is 4.90 Å². The molecule has 0 atom stereocenters. The Morgan fingerprint density at radius 2 is 1.90 bits per heavy atom. The Kier molecular flexibility index (Phi) is 5.14. The van der Waals surface area contributed by atoms with Gasteiger partial charge in [0.15, 0.2) is 0 Å². The average Bonchev–Trinajstić information content (AvgIpc) is 2.24. The number of benzene rings is 1. The number of carbonyl (C=O) groups excluding carboxylic acids is 1. The fourth-order valence-electron chi connectivity index (χ4n) is 1.84. The predicted octanol–water partition coefficient (Wildman–Crippen LogP) is 3.79. The summed E-state index contributed by atoms with van der Waals surface area (Å²) in [5.74, 6) is -1.88. The van der Waals surface area contributed by atoms with Crippen molar-refractivity contribution in [1.82, 2.24) is 4.90 Å². The third-order valence-corrected chi connectivity index (χ3v) is 2.60. The van der Waals surface area contributed by atoms with Gasteiger partial charge in [0.1, 0.15) is 12.4 Å². The van der Waals surface area contributed by atoms with Gasteiger partial charge in [-0.05, 0) is 30.5 Å². The zero-order valence-electron chi connectivity index (χ0n) is 11.6. The second-order valence-corrected chi connectivity index (χ2v) is 5.18. The van der Waals surface area contributed by atoms with Crippen molar-refractivity contribution in [3.8, 4) is 0 Å². The van der Waals surface area contributed by atoms with Crippen LogP contribution in [0.5, 0.6) is 0 Å². The van der Waals surface area contributed by atoms with Crippen molar-refractivity contribution in [2.75, 3.05) is 13.1 Å². The molecule has 1 aromatic rings. The van der Waals surface area contributed by atoms with Crippen LogP contribution >= 0.6 is 0 Å². The summed E-state index contributed by atoms with van der Waals surface area (Å²) in [6, 6.07) is 3.85. The van der Waals surface area contributed by atoms with E-state index in [1.54, 1.807) is 20.8 Å². The van der Waals surface area contributed by atoms with Gasteiger partial charge in [-0.25, -0.2) is 4.39 Å².